The van der Waals surface area contributed by atoms with Crippen molar-refractivity contribution in [2.75, 3.05) is 18.6 Å². The van der Waals surface area contributed by atoms with Crippen LogP contribution < -0.4 is 24.4 Å². The number of amides is 4. The van der Waals surface area contributed by atoms with Crippen molar-refractivity contribution in [3.05, 3.63) is 87.4 Å². The minimum absolute atomic E-state index is 0.174. The van der Waals surface area contributed by atoms with Crippen LogP contribution in [0.15, 0.2) is 66.2 Å². The van der Waals surface area contributed by atoms with Crippen molar-refractivity contribution in [2.45, 2.75) is 20.0 Å². The SMILES string of the molecule is CCCOc1ccc(N2C(=O)NC(=O)/C(=C/c3ccc(OCc4ccc(Cl)cc4Cl)c(OC)c3)C2=O)cc1. The minimum atomic E-state index is -0.832. The fourth-order valence-corrected chi connectivity index (χ4v) is 4.12. The maximum atomic E-state index is 13.2. The summed E-state index contributed by atoms with van der Waals surface area (Å²) in [6, 6.07) is 15.7. The standard InChI is InChI=1S/C28H24Cl2N2O6/c1-3-12-37-21-9-7-20(8-10-21)32-27(34)22(26(33)31-28(32)35)13-17-4-11-24(25(14-17)36-2)38-16-18-5-6-19(29)15-23(18)30/h4-11,13-15H,3,12,16H2,1-2H3,(H,31,33,35)/b22-13-. The summed E-state index contributed by atoms with van der Waals surface area (Å²) >= 11 is 12.2. The Kier molecular flexibility index (Phi) is 8.55. The van der Waals surface area contributed by atoms with E-state index in [4.69, 9.17) is 37.4 Å². The van der Waals surface area contributed by atoms with Gasteiger partial charge in [0.15, 0.2) is 11.5 Å². The minimum Gasteiger partial charge on any atom is -0.494 e. The summed E-state index contributed by atoms with van der Waals surface area (Å²) in [5.41, 5.74) is 1.33. The Morgan fingerprint density at radius 2 is 1.68 bits per heavy atom. The number of anilines is 1. The first-order chi connectivity index (χ1) is 18.3. The number of nitrogens with zero attached hydrogens (tertiary/aromatic N) is 1. The van der Waals surface area contributed by atoms with Gasteiger partial charge < -0.3 is 14.2 Å². The third-order valence-corrected chi connectivity index (χ3v) is 6.15. The number of urea groups is 1. The number of barbiturate groups is 1. The average Bonchev–Trinajstić information content (AvgIpc) is 2.90. The maximum absolute atomic E-state index is 13.2. The van der Waals surface area contributed by atoms with E-state index in [0.29, 0.717) is 45.2 Å². The van der Waals surface area contributed by atoms with Crippen molar-refractivity contribution in [1.29, 1.82) is 0 Å². The molecule has 1 fully saturated rings. The zero-order valence-corrected chi connectivity index (χ0v) is 22.1. The van der Waals surface area contributed by atoms with Gasteiger partial charge in [-0.3, -0.25) is 14.9 Å². The van der Waals surface area contributed by atoms with Gasteiger partial charge in [-0.1, -0.05) is 42.3 Å². The number of methoxy groups -OCH3 is 1. The lowest BCUT2D eigenvalue weighted by Gasteiger charge is -2.26. The van der Waals surface area contributed by atoms with Gasteiger partial charge in [0.25, 0.3) is 11.8 Å². The number of carbonyl (C=O) groups is 3. The lowest BCUT2D eigenvalue weighted by atomic mass is 10.1. The van der Waals surface area contributed by atoms with Crippen LogP contribution in [-0.4, -0.2) is 31.6 Å². The molecule has 1 aliphatic rings. The van der Waals surface area contributed by atoms with Crippen LogP contribution in [0.2, 0.25) is 10.0 Å². The summed E-state index contributed by atoms with van der Waals surface area (Å²) in [6.07, 6.45) is 2.23. The molecule has 10 heteroatoms. The van der Waals surface area contributed by atoms with Gasteiger partial charge in [-0.15, -0.1) is 0 Å². The molecule has 1 N–H and O–H groups in total. The molecule has 1 heterocycles. The number of halogens is 2. The molecule has 4 rings (SSSR count). The van der Waals surface area contributed by atoms with Crippen LogP contribution >= 0.6 is 23.2 Å². The van der Waals surface area contributed by atoms with Gasteiger partial charge in [-0.25, -0.2) is 9.69 Å². The number of imide groups is 2. The zero-order valence-electron chi connectivity index (χ0n) is 20.6. The fraction of sp³-hybridized carbons (Fsp3) is 0.179. The van der Waals surface area contributed by atoms with Gasteiger partial charge in [-0.05, 0) is 66.6 Å². The van der Waals surface area contributed by atoms with Gasteiger partial charge in [0.1, 0.15) is 17.9 Å². The highest BCUT2D eigenvalue weighted by atomic mass is 35.5. The Balaban J connectivity index is 1.55. The second kappa shape index (κ2) is 12.0. The lowest BCUT2D eigenvalue weighted by Crippen LogP contribution is -2.54. The van der Waals surface area contributed by atoms with E-state index in [1.807, 2.05) is 6.92 Å². The molecule has 38 heavy (non-hydrogen) atoms. The van der Waals surface area contributed by atoms with Crippen molar-refractivity contribution in [2.24, 2.45) is 0 Å². The molecule has 0 unspecified atom stereocenters. The third kappa shape index (κ3) is 6.10. The van der Waals surface area contributed by atoms with Gasteiger partial charge >= 0.3 is 6.03 Å². The highest BCUT2D eigenvalue weighted by Gasteiger charge is 2.36. The molecule has 0 atom stereocenters. The topological polar surface area (TPSA) is 94.2 Å². The van der Waals surface area contributed by atoms with Crippen LogP contribution in [0.3, 0.4) is 0 Å². The molecule has 4 amide bonds. The predicted octanol–water partition coefficient (Wildman–Crippen LogP) is 6.04. The third-order valence-electron chi connectivity index (χ3n) is 5.57. The van der Waals surface area contributed by atoms with Crippen LogP contribution in [0.25, 0.3) is 6.08 Å². The van der Waals surface area contributed by atoms with Crippen LogP contribution in [-0.2, 0) is 16.2 Å². The molecule has 0 saturated carbocycles. The molecule has 0 spiro atoms. The first-order valence-electron chi connectivity index (χ1n) is 11.7. The first kappa shape index (κ1) is 27.0. The molecule has 0 aromatic heterocycles. The Bertz CT molecular complexity index is 1400. The number of hydrogen-bond acceptors (Lipinski definition) is 6. The van der Waals surface area contributed by atoms with Crippen LogP contribution in [0.4, 0.5) is 10.5 Å². The van der Waals surface area contributed by atoms with E-state index in [2.05, 4.69) is 5.32 Å². The summed E-state index contributed by atoms with van der Waals surface area (Å²) in [6.45, 7) is 2.71. The molecular weight excluding hydrogens is 531 g/mol. The molecular formula is C28H24Cl2N2O6. The highest BCUT2D eigenvalue weighted by molar-refractivity contribution is 6.39. The van der Waals surface area contributed by atoms with Crippen molar-refractivity contribution >= 4 is 52.8 Å². The molecule has 8 nitrogen and oxygen atoms in total. The van der Waals surface area contributed by atoms with E-state index < -0.39 is 17.8 Å². The lowest BCUT2D eigenvalue weighted by molar-refractivity contribution is -0.122. The molecule has 1 aliphatic heterocycles. The molecule has 196 valence electrons. The summed E-state index contributed by atoms with van der Waals surface area (Å²) in [5.74, 6) is -0.125. The van der Waals surface area contributed by atoms with Crippen molar-refractivity contribution in [3.63, 3.8) is 0 Å². The van der Waals surface area contributed by atoms with E-state index in [1.165, 1.54) is 13.2 Å². The highest BCUT2D eigenvalue weighted by Crippen LogP contribution is 2.32. The number of ether oxygens (including phenoxy) is 3. The van der Waals surface area contributed by atoms with E-state index >= 15 is 0 Å². The van der Waals surface area contributed by atoms with Crippen LogP contribution in [0.5, 0.6) is 17.2 Å². The van der Waals surface area contributed by atoms with E-state index in [9.17, 15) is 14.4 Å². The Hall–Kier alpha value is -4.01. The predicted molar refractivity (Wildman–Crippen MR) is 145 cm³/mol. The van der Waals surface area contributed by atoms with Gasteiger partial charge in [0, 0.05) is 15.6 Å². The smallest absolute Gasteiger partial charge is 0.335 e. The summed E-state index contributed by atoms with van der Waals surface area (Å²) in [7, 11) is 1.47. The van der Waals surface area contributed by atoms with Crippen molar-refractivity contribution in [1.82, 2.24) is 5.32 Å². The first-order valence-corrected chi connectivity index (χ1v) is 12.5. The van der Waals surface area contributed by atoms with Crippen molar-refractivity contribution in [3.8, 4) is 17.2 Å². The molecule has 0 radical (unpaired) electrons. The monoisotopic (exact) mass is 554 g/mol. The van der Waals surface area contributed by atoms with Gasteiger partial charge in [-0.2, -0.15) is 0 Å². The molecule has 1 saturated heterocycles. The number of carbonyl (C=O) groups excluding carboxylic acids is 3. The van der Waals surface area contributed by atoms with Crippen LogP contribution in [0.1, 0.15) is 24.5 Å². The van der Waals surface area contributed by atoms with E-state index in [-0.39, 0.29) is 12.2 Å². The fourth-order valence-electron chi connectivity index (χ4n) is 3.66. The zero-order chi connectivity index (χ0) is 27.2. The van der Waals surface area contributed by atoms with E-state index in [0.717, 1.165) is 16.9 Å². The normalized spacial score (nSPS) is 14.5. The maximum Gasteiger partial charge on any atom is 0.335 e. The molecule has 0 aliphatic carbocycles. The molecule has 3 aromatic rings. The largest absolute Gasteiger partial charge is 0.494 e. The van der Waals surface area contributed by atoms with Gasteiger partial charge in [0.2, 0.25) is 0 Å². The number of benzene rings is 3. The Labute approximate surface area is 229 Å². The second-order valence-electron chi connectivity index (χ2n) is 8.23. The Morgan fingerprint density at radius 1 is 0.921 bits per heavy atom. The molecule has 0 bridgehead atoms. The van der Waals surface area contributed by atoms with Gasteiger partial charge in [0.05, 0.1) is 19.4 Å². The quantitative estimate of drug-likeness (QED) is 0.256. The Morgan fingerprint density at radius 3 is 2.37 bits per heavy atom. The van der Waals surface area contributed by atoms with Crippen molar-refractivity contribution < 1.29 is 28.6 Å². The number of rotatable bonds is 9. The summed E-state index contributed by atoms with van der Waals surface area (Å²) in [4.78, 5) is 39.2. The summed E-state index contributed by atoms with van der Waals surface area (Å²) in [5, 5.41) is 3.21. The molecule has 3 aromatic carbocycles. The van der Waals surface area contributed by atoms with E-state index in [1.54, 1.807) is 60.7 Å². The second-order valence-corrected chi connectivity index (χ2v) is 9.08. The van der Waals surface area contributed by atoms with Crippen LogP contribution in [0, 0.1) is 0 Å². The average molecular weight is 555 g/mol. The summed E-state index contributed by atoms with van der Waals surface area (Å²) < 4.78 is 16.9. The number of hydrogen-bond donors (Lipinski definition) is 1. The number of nitrogens with one attached hydrogen (secondary N) is 1.